The quantitative estimate of drug-likeness (QED) is 0.216. The molecule has 0 unspecified atom stereocenters. The predicted molar refractivity (Wildman–Crippen MR) is 139 cm³/mol. The van der Waals surface area contributed by atoms with Gasteiger partial charge in [0.2, 0.25) is 0 Å². The number of halogens is 1. The maximum Gasteiger partial charge on any atom is 0.254 e. The first kappa shape index (κ1) is 25.0. The monoisotopic (exact) mass is 487 g/mol. The first-order chi connectivity index (χ1) is 17.6. The van der Waals surface area contributed by atoms with Gasteiger partial charge in [0.15, 0.2) is 11.5 Å². The van der Waals surface area contributed by atoms with Crippen LogP contribution in [0, 0.1) is 5.82 Å². The number of nitrogens with zero attached hydrogens (tertiary/aromatic N) is 2. The number of ether oxygens (including phenoxy) is 2. The Kier molecular flexibility index (Phi) is 8.34. The van der Waals surface area contributed by atoms with E-state index in [9.17, 15) is 9.18 Å². The molecule has 0 saturated heterocycles. The maximum atomic E-state index is 13.8. The molecule has 36 heavy (non-hydrogen) atoms. The van der Waals surface area contributed by atoms with Gasteiger partial charge in [0, 0.05) is 13.0 Å². The Balaban J connectivity index is 1.39. The van der Waals surface area contributed by atoms with Crippen molar-refractivity contribution in [2.24, 2.45) is 0 Å². The normalized spacial score (nSPS) is 10.8. The second-order valence-corrected chi connectivity index (χ2v) is 8.33. The fourth-order valence-corrected chi connectivity index (χ4v) is 4.13. The first-order valence-electron chi connectivity index (χ1n) is 12.0. The van der Waals surface area contributed by atoms with Gasteiger partial charge in [-0.05, 0) is 54.8 Å². The van der Waals surface area contributed by atoms with E-state index in [1.54, 1.807) is 19.2 Å². The summed E-state index contributed by atoms with van der Waals surface area (Å²) in [6.45, 7) is 5.24. The summed E-state index contributed by atoms with van der Waals surface area (Å²) in [5.74, 6) is 1.35. The second kappa shape index (κ2) is 12.0. The minimum Gasteiger partial charge on any atom is -0.493 e. The van der Waals surface area contributed by atoms with E-state index in [1.165, 1.54) is 12.1 Å². The zero-order valence-electron chi connectivity index (χ0n) is 20.4. The van der Waals surface area contributed by atoms with Gasteiger partial charge in [-0.15, -0.1) is 6.58 Å². The number of hydrogen-bond acceptors (Lipinski definition) is 4. The van der Waals surface area contributed by atoms with Crippen LogP contribution in [0.3, 0.4) is 0 Å². The number of aryl methyl sites for hydroxylation is 1. The number of imidazole rings is 1. The van der Waals surface area contributed by atoms with Crippen LogP contribution in [0.15, 0.2) is 79.4 Å². The van der Waals surface area contributed by atoms with Gasteiger partial charge in [0.1, 0.15) is 18.2 Å². The van der Waals surface area contributed by atoms with Crippen molar-refractivity contribution in [1.82, 2.24) is 14.9 Å². The molecule has 0 spiro atoms. The molecule has 0 aliphatic carbocycles. The average Bonchev–Trinajstić information content (AvgIpc) is 3.25. The average molecular weight is 488 g/mol. The van der Waals surface area contributed by atoms with Crippen molar-refractivity contribution in [1.29, 1.82) is 0 Å². The van der Waals surface area contributed by atoms with Gasteiger partial charge in [-0.1, -0.05) is 36.4 Å². The summed E-state index contributed by atoms with van der Waals surface area (Å²) in [6.07, 6.45) is 3.95. The molecule has 3 aromatic carbocycles. The van der Waals surface area contributed by atoms with Crippen LogP contribution >= 0.6 is 0 Å². The molecule has 1 N–H and O–H groups in total. The van der Waals surface area contributed by atoms with Crippen molar-refractivity contribution in [2.75, 3.05) is 20.3 Å². The van der Waals surface area contributed by atoms with E-state index >= 15 is 0 Å². The van der Waals surface area contributed by atoms with Crippen LogP contribution < -0.4 is 14.8 Å². The highest BCUT2D eigenvalue weighted by atomic mass is 19.1. The lowest BCUT2D eigenvalue weighted by molar-refractivity contribution is 0.0949. The summed E-state index contributed by atoms with van der Waals surface area (Å²) >= 11 is 0. The van der Waals surface area contributed by atoms with E-state index in [-0.39, 0.29) is 5.56 Å². The lowest BCUT2D eigenvalue weighted by Gasteiger charge is -2.14. The summed E-state index contributed by atoms with van der Waals surface area (Å²) in [4.78, 5) is 17.1. The molecular weight excluding hydrogens is 457 g/mol. The third-order valence-electron chi connectivity index (χ3n) is 5.90. The number of para-hydroxylation sites is 2. The molecule has 6 nitrogen and oxygen atoms in total. The van der Waals surface area contributed by atoms with Crippen LogP contribution in [0.4, 0.5) is 4.39 Å². The van der Waals surface area contributed by atoms with Gasteiger partial charge in [-0.3, -0.25) is 4.79 Å². The standard InChI is InChI=1S/C29H30FN3O3/c1-3-9-21-15-16-26(27(20-21)35-2)36-19-18-33-25-13-7-6-12-24(25)32-28(33)14-8-17-31-29(34)22-10-4-5-11-23(22)30/h3-7,10-13,15-16,20H,1,8-9,14,17-19H2,2H3,(H,31,34). The van der Waals surface area contributed by atoms with E-state index in [1.807, 2.05) is 48.5 Å². The second-order valence-electron chi connectivity index (χ2n) is 8.33. The van der Waals surface area contributed by atoms with E-state index < -0.39 is 11.7 Å². The van der Waals surface area contributed by atoms with Gasteiger partial charge < -0.3 is 19.4 Å². The zero-order valence-corrected chi connectivity index (χ0v) is 20.4. The molecule has 0 aliphatic rings. The topological polar surface area (TPSA) is 65.4 Å². The molecule has 1 aromatic heterocycles. The van der Waals surface area contributed by atoms with Crippen LogP contribution in [-0.2, 0) is 19.4 Å². The molecule has 0 fully saturated rings. The summed E-state index contributed by atoms with van der Waals surface area (Å²) in [5.41, 5.74) is 3.10. The summed E-state index contributed by atoms with van der Waals surface area (Å²) in [5, 5.41) is 2.79. The van der Waals surface area contributed by atoms with Crippen molar-refractivity contribution in [2.45, 2.75) is 25.8 Å². The van der Waals surface area contributed by atoms with Crippen molar-refractivity contribution >= 4 is 16.9 Å². The molecular formula is C29H30FN3O3. The molecule has 0 aliphatic heterocycles. The van der Waals surface area contributed by atoms with E-state index in [0.717, 1.165) is 28.8 Å². The van der Waals surface area contributed by atoms with E-state index in [4.69, 9.17) is 14.5 Å². The van der Waals surface area contributed by atoms with Crippen LogP contribution in [0.25, 0.3) is 11.0 Å². The molecule has 7 heteroatoms. The van der Waals surface area contributed by atoms with Crippen molar-refractivity contribution in [3.05, 3.63) is 102 Å². The number of benzene rings is 3. The number of allylic oxidation sites excluding steroid dienone is 1. The molecule has 4 aromatic rings. The molecule has 1 amide bonds. The Morgan fingerprint density at radius 3 is 2.72 bits per heavy atom. The molecule has 4 rings (SSSR count). The number of methoxy groups -OCH3 is 1. The van der Waals surface area contributed by atoms with Crippen LogP contribution in [0.5, 0.6) is 11.5 Å². The Hall–Kier alpha value is -4.13. The highest BCUT2D eigenvalue weighted by molar-refractivity contribution is 5.94. The Morgan fingerprint density at radius 2 is 1.92 bits per heavy atom. The highest BCUT2D eigenvalue weighted by Gasteiger charge is 2.13. The minimum absolute atomic E-state index is 0.0508. The van der Waals surface area contributed by atoms with E-state index in [0.29, 0.717) is 44.0 Å². The third kappa shape index (κ3) is 5.92. The molecule has 186 valence electrons. The predicted octanol–water partition coefficient (Wildman–Crippen LogP) is 5.35. The number of carbonyl (C=O) groups excluding carboxylic acids is 1. The minimum atomic E-state index is -0.524. The number of fused-ring (bicyclic) bond motifs is 1. The van der Waals surface area contributed by atoms with Crippen molar-refractivity contribution in [3.63, 3.8) is 0 Å². The SMILES string of the molecule is C=CCc1ccc(OCCn2c(CCCNC(=O)c3ccccc3F)nc3ccccc32)c(OC)c1. The maximum absolute atomic E-state index is 13.8. The van der Waals surface area contributed by atoms with Crippen LogP contribution in [0.1, 0.15) is 28.2 Å². The Labute approximate surface area is 210 Å². The Bertz CT molecular complexity index is 1350. The van der Waals surface area contributed by atoms with Crippen LogP contribution in [-0.4, -0.2) is 35.7 Å². The van der Waals surface area contributed by atoms with Gasteiger partial charge in [0.25, 0.3) is 5.91 Å². The van der Waals surface area contributed by atoms with Gasteiger partial charge in [0.05, 0.1) is 30.3 Å². The van der Waals surface area contributed by atoms with Gasteiger partial charge in [-0.2, -0.15) is 0 Å². The smallest absolute Gasteiger partial charge is 0.254 e. The first-order valence-corrected chi connectivity index (χ1v) is 12.0. The number of hydrogen-bond donors (Lipinski definition) is 1. The number of nitrogens with one attached hydrogen (secondary N) is 1. The fraction of sp³-hybridized carbons (Fsp3) is 0.241. The lowest BCUT2D eigenvalue weighted by atomic mass is 10.1. The zero-order chi connectivity index (χ0) is 25.3. The summed E-state index contributed by atoms with van der Waals surface area (Å²) < 4.78 is 27.5. The van der Waals surface area contributed by atoms with E-state index in [2.05, 4.69) is 16.5 Å². The number of rotatable bonds is 12. The summed E-state index contributed by atoms with van der Waals surface area (Å²) in [7, 11) is 1.63. The number of amides is 1. The highest BCUT2D eigenvalue weighted by Crippen LogP contribution is 2.28. The molecule has 0 bridgehead atoms. The van der Waals surface area contributed by atoms with Gasteiger partial charge in [-0.25, -0.2) is 9.37 Å². The third-order valence-corrected chi connectivity index (χ3v) is 5.90. The number of aromatic nitrogens is 2. The molecule has 0 atom stereocenters. The largest absolute Gasteiger partial charge is 0.493 e. The van der Waals surface area contributed by atoms with Crippen molar-refractivity contribution in [3.8, 4) is 11.5 Å². The van der Waals surface area contributed by atoms with Crippen molar-refractivity contribution < 1.29 is 18.7 Å². The van der Waals surface area contributed by atoms with Gasteiger partial charge >= 0.3 is 0 Å². The molecule has 0 radical (unpaired) electrons. The fourth-order valence-electron chi connectivity index (χ4n) is 4.13. The number of carbonyl (C=O) groups is 1. The lowest BCUT2D eigenvalue weighted by Crippen LogP contribution is -2.26. The molecule has 1 heterocycles. The van der Waals surface area contributed by atoms with Crippen LogP contribution in [0.2, 0.25) is 0 Å². The Morgan fingerprint density at radius 1 is 1.11 bits per heavy atom. The summed E-state index contributed by atoms with van der Waals surface area (Å²) in [6, 6.07) is 19.8. The molecule has 0 saturated carbocycles.